The number of aromatic amines is 1. The molecule has 2 aliphatic heterocycles. The molecule has 0 radical (unpaired) electrons. The van der Waals surface area contributed by atoms with Gasteiger partial charge in [0.15, 0.2) is 5.54 Å². The Labute approximate surface area is 139 Å². The van der Waals surface area contributed by atoms with E-state index in [4.69, 9.17) is 4.74 Å². The number of hydrogen-bond acceptors (Lipinski definition) is 3. The number of ether oxygens (including phenoxy) is 1. The van der Waals surface area contributed by atoms with Crippen molar-refractivity contribution in [1.82, 2.24) is 10.3 Å². The number of anilines is 1. The fourth-order valence-electron chi connectivity index (χ4n) is 4.08. The van der Waals surface area contributed by atoms with E-state index >= 15 is 0 Å². The number of para-hydroxylation sites is 1. The topological polar surface area (TPSA) is 66.1 Å². The molecule has 2 aromatic carbocycles. The molecule has 2 aliphatic rings. The maximum atomic E-state index is 13.0. The fourth-order valence-corrected chi connectivity index (χ4v) is 4.08. The molecule has 5 rings (SSSR count). The summed E-state index contributed by atoms with van der Waals surface area (Å²) < 4.78 is 5.37. The second-order valence-corrected chi connectivity index (χ2v) is 6.32. The monoisotopic (exact) mass is 319 g/mol. The van der Waals surface area contributed by atoms with Crippen molar-refractivity contribution < 1.29 is 9.53 Å². The van der Waals surface area contributed by atoms with E-state index in [0.717, 1.165) is 46.6 Å². The summed E-state index contributed by atoms with van der Waals surface area (Å²) >= 11 is 0. The van der Waals surface area contributed by atoms with E-state index in [1.807, 2.05) is 42.5 Å². The zero-order valence-electron chi connectivity index (χ0n) is 13.3. The van der Waals surface area contributed by atoms with Gasteiger partial charge in [0, 0.05) is 28.7 Å². The maximum Gasteiger partial charge on any atom is 0.255 e. The van der Waals surface area contributed by atoms with Crippen LogP contribution in [0.3, 0.4) is 0 Å². The van der Waals surface area contributed by atoms with Crippen molar-refractivity contribution in [3.8, 4) is 5.75 Å². The van der Waals surface area contributed by atoms with Crippen LogP contribution in [0.15, 0.2) is 42.5 Å². The molecule has 3 N–H and O–H groups in total. The lowest BCUT2D eigenvalue weighted by Gasteiger charge is -2.33. The van der Waals surface area contributed by atoms with Gasteiger partial charge in [-0.2, -0.15) is 0 Å². The molecule has 120 valence electrons. The summed E-state index contributed by atoms with van der Waals surface area (Å²) in [5.74, 6) is 0.802. The first-order valence-corrected chi connectivity index (χ1v) is 8.09. The van der Waals surface area contributed by atoms with Crippen LogP contribution in [0, 0.1) is 0 Å². The van der Waals surface area contributed by atoms with Crippen LogP contribution >= 0.6 is 0 Å². The molecule has 3 heterocycles. The minimum absolute atomic E-state index is 0.0248. The van der Waals surface area contributed by atoms with Gasteiger partial charge in [0.1, 0.15) is 5.75 Å². The number of rotatable bonds is 1. The van der Waals surface area contributed by atoms with Crippen LogP contribution in [-0.4, -0.2) is 24.5 Å². The molecule has 0 bridgehead atoms. The van der Waals surface area contributed by atoms with E-state index in [1.54, 1.807) is 7.11 Å². The average molecular weight is 319 g/mol. The molecule has 0 saturated heterocycles. The average Bonchev–Trinajstić information content (AvgIpc) is 3.12. The molecular formula is C19H17N3O2. The number of amides is 1. The van der Waals surface area contributed by atoms with Crippen molar-refractivity contribution >= 4 is 22.5 Å². The van der Waals surface area contributed by atoms with Crippen molar-refractivity contribution in [1.29, 1.82) is 0 Å². The Morgan fingerprint density at radius 3 is 2.92 bits per heavy atom. The third-order valence-corrected chi connectivity index (χ3v) is 5.17. The Hall–Kier alpha value is -2.79. The molecule has 3 aromatic rings. The van der Waals surface area contributed by atoms with Gasteiger partial charge in [-0.3, -0.25) is 10.1 Å². The summed E-state index contributed by atoms with van der Waals surface area (Å²) in [7, 11) is 1.67. The number of methoxy groups -OCH3 is 1. The van der Waals surface area contributed by atoms with Crippen LogP contribution in [0.4, 0.5) is 5.69 Å². The first-order valence-electron chi connectivity index (χ1n) is 8.09. The second kappa shape index (κ2) is 4.61. The van der Waals surface area contributed by atoms with Crippen LogP contribution in [0.5, 0.6) is 5.75 Å². The highest BCUT2D eigenvalue weighted by atomic mass is 16.5. The molecule has 0 aliphatic carbocycles. The number of aromatic nitrogens is 1. The Morgan fingerprint density at radius 1 is 1.17 bits per heavy atom. The number of H-pyrrole nitrogens is 1. The van der Waals surface area contributed by atoms with Crippen molar-refractivity contribution in [2.75, 3.05) is 19.0 Å². The van der Waals surface area contributed by atoms with Gasteiger partial charge in [-0.1, -0.05) is 18.2 Å². The summed E-state index contributed by atoms with van der Waals surface area (Å²) in [6.45, 7) is 0.749. The molecule has 0 saturated carbocycles. The van der Waals surface area contributed by atoms with Gasteiger partial charge in [-0.15, -0.1) is 0 Å². The van der Waals surface area contributed by atoms with Gasteiger partial charge < -0.3 is 15.0 Å². The molecule has 24 heavy (non-hydrogen) atoms. The summed E-state index contributed by atoms with van der Waals surface area (Å²) in [5, 5.41) is 7.62. The first kappa shape index (κ1) is 13.6. The second-order valence-electron chi connectivity index (χ2n) is 6.32. The maximum absolute atomic E-state index is 13.0. The fraction of sp³-hybridized carbons (Fsp3) is 0.211. The smallest absolute Gasteiger partial charge is 0.255 e. The minimum Gasteiger partial charge on any atom is -0.497 e. The number of nitrogens with one attached hydrogen (secondary N) is 3. The number of carbonyl (C=O) groups excluding carboxylic acids is 1. The molecule has 5 nitrogen and oxygen atoms in total. The number of hydrogen-bond donors (Lipinski definition) is 3. The molecular weight excluding hydrogens is 302 g/mol. The van der Waals surface area contributed by atoms with E-state index in [1.165, 1.54) is 5.56 Å². The summed E-state index contributed by atoms with van der Waals surface area (Å²) in [6, 6.07) is 13.9. The van der Waals surface area contributed by atoms with Crippen molar-refractivity contribution in [3.05, 3.63) is 59.3 Å². The van der Waals surface area contributed by atoms with E-state index in [-0.39, 0.29) is 5.91 Å². The van der Waals surface area contributed by atoms with E-state index in [0.29, 0.717) is 0 Å². The number of fused-ring (bicyclic) bond motifs is 6. The third-order valence-electron chi connectivity index (χ3n) is 5.17. The third kappa shape index (κ3) is 1.55. The van der Waals surface area contributed by atoms with Crippen LogP contribution in [0.1, 0.15) is 16.8 Å². The number of benzene rings is 2. The molecule has 1 aromatic heterocycles. The quantitative estimate of drug-likeness (QED) is 0.646. The first-order chi connectivity index (χ1) is 11.7. The zero-order valence-corrected chi connectivity index (χ0v) is 13.3. The lowest BCUT2D eigenvalue weighted by molar-refractivity contribution is -0.120. The van der Waals surface area contributed by atoms with Gasteiger partial charge >= 0.3 is 0 Å². The van der Waals surface area contributed by atoms with Crippen molar-refractivity contribution in [2.45, 2.75) is 12.0 Å². The van der Waals surface area contributed by atoms with Crippen LogP contribution < -0.4 is 15.4 Å². The molecule has 0 unspecified atom stereocenters. The Kier molecular flexibility index (Phi) is 2.62. The van der Waals surface area contributed by atoms with E-state index in [2.05, 4.69) is 15.6 Å². The lowest BCUT2D eigenvalue weighted by atomic mass is 9.82. The van der Waals surface area contributed by atoms with E-state index < -0.39 is 5.54 Å². The van der Waals surface area contributed by atoms with Gasteiger partial charge in [0.25, 0.3) is 5.91 Å². The van der Waals surface area contributed by atoms with Crippen LogP contribution in [0.25, 0.3) is 10.9 Å². The predicted molar refractivity (Wildman–Crippen MR) is 92.4 cm³/mol. The van der Waals surface area contributed by atoms with Gasteiger partial charge in [0.05, 0.1) is 12.8 Å². The molecule has 0 fully saturated rings. The highest BCUT2D eigenvalue weighted by Crippen LogP contribution is 2.45. The SMILES string of the molecule is COc1ccc2[nH]c3c(c2c1)CCN[C@@]31C(=O)Nc2ccccc21. The summed E-state index contributed by atoms with van der Waals surface area (Å²) in [6.07, 6.45) is 0.875. The van der Waals surface area contributed by atoms with Crippen molar-refractivity contribution in [2.24, 2.45) is 0 Å². The molecule has 1 atom stereocenters. The van der Waals surface area contributed by atoms with Gasteiger partial charge in [-0.25, -0.2) is 0 Å². The highest BCUT2D eigenvalue weighted by Gasteiger charge is 2.51. The molecule has 1 amide bonds. The van der Waals surface area contributed by atoms with Crippen molar-refractivity contribution in [3.63, 3.8) is 0 Å². The molecule has 1 spiro atoms. The Bertz CT molecular complexity index is 991. The van der Waals surface area contributed by atoms with Crippen LogP contribution in [0.2, 0.25) is 0 Å². The van der Waals surface area contributed by atoms with Crippen LogP contribution in [-0.2, 0) is 16.8 Å². The Morgan fingerprint density at radius 2 is 2.04 bits per heavy atom. The summed E-state index contributed by atoms with van der Waals surface area (Å²) in [4.78, 5) is 16.4. The number of carbonyl (C=O) groups is 1. The minimum atomic E-state index is -0.837. The normalized spacial score (nSPS) is 21.6. The highest BCUT2D eigenvalue weighted by molar-refractivity contribution is 6.09. The predicted octanol–water partition coefficient (Wildman–Crippen LogP) is 2.52. The van der Waals surface area contributed by atoms with Gasteiger partial charge in [-0.05, 0) is 36.2 Å². The zero-order chi connectivity index (χ0) is 16.3. The lowest BCUT2D eigenvalue weighted by Crippen LogP contribution is -2.53. The molecule has 5 heteroatoms. The van der Waals surface area contributed by atoms with E-state index in [9.17, 15) is 4.79 Å². The van der Waals surface area contributed by atoms with Gasteiger partial charge in [0.2, 0.25) is 0 Å². The summed E-state index contributed by atoms with van der Waals surface area (Å²) in [5.41, 5.74) is 4.18. The Balaban J connectivity index is 1.83. The standard InChI is InChI=1S/C19H17N3O2/c1-24-11-6-7-15-13(10-11)12-8-9-20-19(17(12)21-15)14-4-2-3-5-16(14)22-18(19)23/h2-7,10,20-21H,8-9H2,1H3,(H,22,23)/t19-/m1/s1. The largest absolute Gasteiger partial charge is 0.497 e.